The first-order chi connectivity index (χ1) is 7.07. The van der Waals surface area contributed by atoms with Crippen LogP contribution >= 0.6 is 0 Å². The number of benzene rings is 1. The smallest absolute Gasteiger partial charge is 0.0794 e. The van der Waals surface area contributed by atoms with E-state index >= 15 is 0 Å². The molecule has 14 heavy (non-hydrogen) atoms. The topological polar surface area (TPSA) is 48.8 Å². The molecule has 72 valence electrons. The van der Waals surface area contributed by atoms with Gasteiger partial charge >= 0.3 is 0 Å². The predicted octanol–water partition coefficient (Wildman–Crippen LogP) is 3.62. The zero-order valence-electron chi connectivity index (χ0n) is 9.31. The molecule has 1 fully saturated rings. The summed E-state index contributed by atoms with van der Waals surface area (Å²) in [6, 6.07) is 9.58. The normalized spacial score (nSPS) is 34.1. The van der Waals surface area contributed by atoms with Crippen LogP contribution in [0.2, 0.25) is 0 Å². The van der Waals surface area contributed by atoms with E-state index in [-0.39, 0.29) is 11.8 Å². The molecule has 2 rings (SSSR count). The number of rotatable bonds is 2. The van der Waals surface area contributed by atoms with Gasteiger partial charge in [-0.3, -0.25) is 0 Å². The predicted molar refractivity (Wildman–Crippen MR) is 55.7 cm³/mol. The second kappa shape index (κ2) is 2.76. The fourth-order valence-corrected chi connectivity index (χ4v) is 1.92. The first kappa shape index (κ1) is 7.89. The fourth-order valence-electron chi connectivity index (χ4n) is 1.92. The van der Waals surface area contributed by atoms with E-state index in [9.17, 15) is 0 Å². The lowest BCUT2D eigenvalue weighted by molar-refractivity contribution is 0.508. The van der Waals surface area contributed by atoms with Crippen molar-refractivity contribution in [2.75, 3.05) is 0 Å². The van der Waals surface area contributed by atoms with Gasteiger partial charge in [-0.05, 0) is 22.9 Å². The zero-order chi connectivity index (χ0) is 11.1. The molecule has 1 saturated carbocycles. The van der Waals surface area contributed by atoms with Crippen molar-refractivity contribution in [2.45, 2.75) is 25.8 Å². The summed E-state index contributed by atoms with van der Waals surface area (Å²) in [6.07, 6.45) is -0.358. The van der Waals surface area contributed by atoms with Crippen LogP contribution < -0.4 is 0 Å². The highest BCUT2D eigenvalue weighted by Crippen LogP contribution is 2.65. The Bertz CT molecular complexity index is 423. The van der Waals surface area contributed by atoms with Crippen molar-refractivity contribution in [2.24, 2.45) is 10.5 Å². The Balaban J connectivity index is 2.53. The standard InChI is InChI=1S/C11H13N3/c1-10(2)8-11(10,13-14-12)9-6-4-3-5-7-9/h3-7H,8H2,1-2H3/t11-/m1/s1/i8D/t8-,11+/m0. The van der Waals surface area contributed by atoms with Crippen molar-refractivity contribution in [3.8, 4) is 0 Å². The maximum absolute atomic E-state index is 8.63. The van der Waals surface area contributed by atoms with Gasteiger partial charge in [-0.15, -0.1) is 0 Å². The van der Waals surface area contributed by atoms with E-state index in [1.165, 1.54) is 0 Å². The molecule has 0 aliphatic heterocycles. The average molecular weight is 188 g/mol. The Labute approximate surface area is 84.8 Å². The maximum atomic E-state index is 8.63. The van der Waals surface area contributed by atoms with Gasteiger partial charge in [-0.1, -0.05) is 49.3 Å². The molecule has 2 atom stereocenters. The van der Waals surface area contributed by atoms with Gasteiger partial charge in [0.2, 0.25) is 0 Å². The van der Waals surface area contributed by atoms with Gasteiger partial charge in [0.1, 0.15) is 0 Å². The number of hydrogen-bond donors (Lipinski definition) is 0. The quantitative estimate of drug-likeness (QED) is 0.386. The molecule has 1 aromatic rings. The molecule has 1 aliphatic rings. The van der Waals surface area contributed by atoms with Crippen LogP contribution in [-0.2, 0) is 5.54 Å². The average Bonchev–Trinajstić information content (AvgIpc) is 2.66. The van der Waals surface area contributed by atoms with Gasteiger partial charge in [-0.25, -0.2) is 0 Å². The lowest BCUT2D eigenvalue weighted by Crippen LogP contribution is -2.10. The summed E-state index contributed by atoms with van der Waals surface area (Å²) in [5, 5.41) is 3.86. The van der Waals surface area contributed by atoms with Crippen LogP contribution in [0.15, 0.2) is 35.4 Å². The van der Waals surface area contributed by atoms with Crippen molar-refractivity contribution < 1.29 is 1.37 Å². The second-order valence-corrected chi connectivity index (χ2v) is 4.19. The number of azide groups is 1. The largest absolute Gasteiger partial charge is 0.0820 e. The van der Waals surface area contributed by atoms with Crippen LogP contribution in [0, 0.1) is 5.41 Å². The van der Waals surface area contributed by atoms with Crippen LogP contribution in [0.25, 0.3) is 10.4 Å². The summed E-state index contributed by atoms with van der Waals surface area (Å²) in [5.74, 6) is 0. The van der Waals surface area contributed by atoms with Crippen molar-refractivity contribution in [1.29, 1.82) is 0 Å². The summed E-state index contributed by atoms with van der Waals surface area (Å²) < 4.78 is 7.98. The number of hydrogen-bond acceptors (Lipinski definition) is 1. The fraction of sp³-hybridized carbons (Fsp3) is 0.455. The summed E-state index contributed by atoms with van der Waals surface area (Å²) in [5.41, 5.74) is 8.61. The van der Waals surface area contributed by atoms with E-state index < -0.39 is 5.54 Å². The third kappa shape index (κ3) is 1.10. The highest BCUT2D eigenvalue weighted by molar-refractivity contribution is 5.35. The lowest BCUT2D eigenvalue weighted by atomic mass is 9.97. The molecule has 0 amide bonds. The second-order valence-electron chi connectivity index (χ2n) is 4.19. The van der Waals surface area contributed by atoms with Crippen molar-refractivity contribution >= 4 is 0 Å². The lowest BCUT2D eigenvalue weighted by Gasteiger charge is -2.14. The molecule has 0 N–H and O–H groups in total. The van der Waals surface area contributed by atoms with Crippen LogP contribution in [0.5, 0.6) is 0 Å². The van der Waals surface area contributed by atoms with E-state index in [0.717, 1.165) is 5.56 Å². The third-order valence-electron chi connectivity index (χ3n) is 2.89. The minimum absolute atomic E-state index is 0.277. The molecule has 0 unspecified atom stereocenters. The van der Waals surface area contributed by atoms with E-state index in [1.807, 2.05) is 44.2 Å². The molecule has 0 aromatic heterocycles. The van der Waals surface area contributed by atoms with Crippen LogP contribution in [-0.4, -0.2) is 0 Å². The first-order valence-electron chi connectivity index (χ1n) is 5.19. The van der Waals surface area contributed by atoms with Gasteiger partial charge in [0, 0.05) is 6.28 Å². The van der Waals surface area contributed by atoms with Gasteiger partial charge in [0.05, 0.1) is 5.54 Å². The molecular weight excluding hydrogens is 174 g/mol. The highest BCUT2D eigenvalue weighted by Gasteiger charge is 2.61. The summed E-state index contributed by atoms with van der Waals surface area (Å²) in [6.45, 7) is 3.93. The minimum atomic E-state index is -0.678. The minimum Gasteiger partial charge on any atom is -0.0820 e. The van der Waals surface area contributed by atoms with Gasteiger partial charge in [0.25, 0.3) is 0 Å². The molecular formula is C11H13N3. The molecule has 0 spiro atoms. The Kier molecular flexibility index (Phi) is 1.55. The highest BCUT2D eigenvalue weighted by atomic mass is 15.2. The molecule has 0 radical (unpaired) electrons. The summed E-state index contributed by atoms with van der Waals surface area (Å²) in [4.78, 5) is 2.90. The summed E-state index contributed by atoms with van der Waals surface area (Å²) >= 11 is 0. The molecule has 0 bridgehead atoms. The Morgan fingerprint density at radius 3 is 2.43 bits per heavy atom. The molecule has 1 aromatic carbocycles. The number of nitrogens with zero attached hydrogens (tertiary/aromatic N) is 3. The van der Waals surface area contributed by atoms with Crippen LogP contribution in [0.1, 0.15) is 27.2 Å². The SMILES string of the molecule is [2H][C@H]1C(C)(C)[C@]1(N=[N+]=[N-])c1ccccc1. The van der Waals surface area contributed by atoms with E-state index in [1.54, 1.807) is 0 Å². The molecule has 3 nitrogen and oxygen atoms in total. The zero-order valence-corrected chi connectivity index (χ0v) is 8.31. The van der Waals surface area contributed by atoms with Gasteiger partial charge in [0.15, 0.2) is 0 Å². The molecule has 0 saturated heterocycles. The Morgan fingerprint density at radius 2 is 2.00 bits per heavy atom. The Morgan fingerprint density at radius 1 is 1.43 bits per heavy atom. The third-order valence-corrected chi connectivity index (χ3v) is 2.89. The maximum Gasteiger partial charge on any atom is 0.0794 e. The van der Waals surface area contributed by atoms with Crippen molar-refractivity contribution in [3.63, 3.8) is 0 Å². The van der Waals surface area contributed by atoms with Crippen molar-refractivity contribution in [3.05, 3.63) is 46.3 Å². The van der Waals surface area contributed by atoms with Crippen molar-refractivity contribution in [1.82, 2.24) is 0 Å². The van der Waals surface area contributed by atoms with Crippen LogP contribution in [0.4, 0.5) is 0 Å². The van der Waals surface area contributed by atoms with Gasteiger partial charge < -0.3 is 0 Å². The Hall–Kier alpha value is -1.47. The molecule has 0 heterocycles. The van der Waals surface area contributed by atoms with E-state index in [4.69, 9.17) is 6.90 Å². The first-order valence-corrected chi connectivity index (χ1v) is 4.61. The van der Waals surface area contributed by atoms with Gasteiger partial charge in [-0.2, -0.15) is 0 Å². The monoisotopic (exact) mass is 188 g/mol. The van der Waals surface area contributed by atoms with Crippen LogP contribution in [0.3, 0.4) is 0 Å². The van der Waals surface area contributed by atoms with E-state index in [2.05, 4.69) is 10.0 Å². The summed E-state index contributed by atoms with van der Waals surface area (Å²) in [7, 11) is 0. The molecule has 1 aliphatic carbocycles. The molecule has 3 heteroatoms. The van der Waals surface area contributed by atoms with E-state index in [0.29, 0.717) is 0 Å².